The Morgan fingerprint density at radius 1 is 1.26 bits per heavy atom. The molecule has 1 aromatic rings. The predicted molar refractivity (Wildman–Crippen MR) is 89.0 cm³/mol. The molecule has 2 rings (SSSR count). The number of rotatable bonds is 3. The van der Waals surface area contributed by atoms with Gasteiger partial charge in [-0.1, -0.05) is 32.9 Å². The third-order valence-corrected chi connectivity index (χ3v) is 6.43. The Morgan fingerprint density at radius 3 is 2.48 bits per heavy atom. The summed E-state index contributed by atoms with van der Waals surface area (Å²) in [6.07, 6.45) is 1.80. The van der Waals surface area contributed by atoms with Crippen LogP contribution in [-0.2, 0) is 20.2 Å². The number of hydrogen-bond acceptors (Lipinski definition) is 3. The molecule has 5 nitrogen and oxygen atoms in total. The number of nitrogens with zero attached hydrogens (tertiary/aromatic N) is 1. The largest absolute Gasteiger partial charge is 0.480 e. The van der Waals surface area contributed by atoms with E-state index < -0.39 is 22.0 Å². The van der Waals surface area contributed by atoms with Crippen molar-refractivity contribution in [2.24, 2.45) is 0 Å². The first-order valence-corrected chi connectivity index (χ1v) is 9.35. The Kier molecular flexibility index (Phi) is 4.87. The van der Waals surface area contributed by atoms with E-state index in [4.69, 9.17) is 0 Å². The highest BCUT2D eigenvalue weighted by atomic mass is 32.2. The number of benzene rings is 1. The number of carboxylic acid groups (broad SMARTS) is 1. The molecule has 6 heteroatoms. The average Bonchev–Trinajstić information content (AvgIpc) is 2.46. The van der Waals surface area contributed by atoms with Gasteiger partial charge in [0.2, 0.25) is 10.0 Å². The molecule has 1 saturated heterocycles. The first kappa shape index (κ1) is 17.9. The van der Waals surface area contributed by atoms with E-state index >= 15 is 0 Å². The van der Waals surface area contributed by atoms with Crippen molar-refractivity contribution < 1.29 is 18.3 Å². The van der Waals surface area contributed by atoms with Gasteiger partial charge in [-0.15, -0.1) is 0 Å². The van der Waals surface area contributed by atoms with E-state index in [-0.39, 0.29) is 16.9 Å². The number of aliphatic carboxylic acids is 1. The molecule has 0 aliphatic carbocycles. The molecule has 0 spiro atoms. The van der Waals surface area contributed by atoms with Crippen molar-refractivity contribution in [1.82, 2.24) is 4.31 Å². The molecule has 0 unspecified atom stereocenters. The highest BCUT2D eigenvalue weighted by Crippen LogP contribution is 2.31. The van der Waals surface area contributed by atoms with Crippen LogP contribution in [0, 0.1) is 6.92 Å². The zero-order chi connectivity index (χ0) is 17.4. The third kappa shape index (κ3) is 3.58. The Morgan fingerprint density at radius 2 is 1.91 bits per heavy atom. The average molecular weight is 339 g/mol. The van der Waals surface area contributed by atoms with Crippen LogP contribution in [0.15, 0.2) is 23.1 Å². The van der Waals surface area contributed by atoms with Crippen molar-refractivity contribution in [2.45, 2.75) is 63.3 Å². The normalized spacial score (nSPS) is 20.4. The lowest BCUT2D eigenvalue weighted by atomic mass is 9.87. The first-order valence-electron chi connectivity index (χ1n) is 7.91. The fourth-order valence-corrected chi connectivity index (χ4v) is 4.81. The summed E-state index contributed by atoms with van der Waals surface area (Å²) in [4.78, 5) is 11.7. The first-order chi connectivity index (χ1) is 10.5. The van der Waals surface area contributed by atoms with Gasteiger partial charge in [-0.25, -0.2) is 8.42 Å². The van der Waals surface area contributed by atoms with Crippen LogP contribution in [0.25, 0.3) is 0 Å². The minimum absolute atomic E-state index is 0.175. The zero-order valence-electron chi connectivity index (χ0n) is 14.2. The summed E-state index contributed by atoms with van der Waals surface area (Å²) in [5.74, 6) is -1.07. The fraction of sp³-hybridized carbons (Fsp3) is 0.588. The molecule has 0 saturated carbocycles. The molecule has 23 heavy (non-hydrogen) atoms. The van der Waals surface area contributed by atoms with Gasteiger partial charge in [0.1, 0.15) is 6.04 Å². The summed E-state index contributed by atoms with van der Waals surface area (Å²) in [7, 11) is -3.82. The number of carboxylic acids is 1. The Bertz CT molecular complexity index is 704. The van der Waals surface area contributed by atoms with Crippen molar-refractivity contribution in [3.63, 3.8) is 0 Å². The van der Waals surface area contributed by atoms with E-state index in [0.29, 0.717) is 18.4 Å². The van der Waals surface area contributed by atoms with Gasteiger partial charge in [-0.2, -0.15) is 4.31 Å². The molecular weight excluding hydrogens is 314 g/mol. The Balaban J connectivity index is 2.52. The third-order valence-electron chi connectivity index (χ3n) is 4.38. The lowest BCUT2D eigenvalue weighted by Gasteiger charge is -2.32. The second-order valence-electron chi connectivity index (χ2n) is 7.20. The van der Waals surface area contributed by atoms with E-state index in [0.717, 1.165) is 16.3 Å². The monoisotopic (exact) mass is 339 g/mol. The molecule has 0 bridgehead atoms. The van der Waals surface area contributed by atoms with Crippen molar-refractivity contribution in [2.75, 3.05) is 6.54 Å². The van der Waals surface area contributed by atoms with E-state index in [1.54, 1.807) is 19.1 Å². The quantitative estimate of drug-likeness (QED) is 0.919. The van der Waals surface area contributed by atoms with Gasteiger partial charge in [0, 0.05) is 6.54 Å². The summed E-state index contributed by atoms with van der Waals surface area (Å²) in [5, 5.41) is 9.37. The van der Waals surface area contributed by atoms with Crippen LogP contribution in [0.1, 0.15) is 51.2 Å². The van der Waals surface area contributed by atoms with Gasteiger partial charge >= 0.3 is 5.97 Å². The highest BCUT2D eigenvalue weighted by molar-refractivity contribution is 7.89. The highest BCUT2D eigenvalue weighted by Gasteiger charge is 2.38. The molecule has 1 fully saturated rings. The van der Waals surface area contributed by atoms with Gasteiger partial charge in [0.05, 0.1) is 4.90 Å². The van der Waals surface area contributed by atoms with Crippen molar-refractivity contribution in [3.05, 3.63) is 29.3 Å². The summed E-state index contributed by atoms with van der Waals surface area (Å²) >= 11 is 0. The summed E-state index contributed by atoms with van der Waals surface area (Å²) in [5.41, 5.74) is 1.39. The number of aryl methyl sites for hydroxylation is 1. The second-order valence-corrected chi connectivity index (χ2v) is 9.05. The van der Waals surface area contributed by atoms with Crippen LogP contribution in [-0.4, -0.2) is 36.4 Å². The summed E-state index contributed by atoms with van der Waals surface area (Å²) in [6.45, 7) is 8.08. The minimum Gasteiger partial charge on any atom is -0.480 e. The molecule has 1 aliphatic rings. The van der Waals surface area contributed by atoms with Crippen molar-refractivity contribution in [1.29, 1.82) is 0 Å². The van der Waals surface area contributed by atoms with Gasteiger partial charge in [-0.05, 0) is 48.8 Å². The maximum Gasteiger partial charge on any atom is 0.322 e. The van der Waals surface area contributed by atoms with Crippen LogP contribution in [0.4, 0.5) is 0 Å². The zero-order valence-corrected chi connectivity index (χ0v) is 15.0. The molecule has 0 aromatic heterocycles. The van der Waals surface area contributed by atoms with E-state index in [9.17, 15) is 18.3 Å². The van der Waals surface area contributed by atoms with Crippen molar-refractivity contribution in [3.8, 4) is 0 Å². The minimum atomic E-state index is -3.82. The SMILES string of the molecule is Cc1ccc(C(C)(C)C)cc1S(=O)(=O)N1CCCC[C@@H]1C(=O)O. The summed E-state index contributed by atoms with van der Waals surface area (Å²) in [6, 6.07) is 4.45. The smallest absolute Gasteiger partial charge is 0.322 e. The van der Waals surface area contributed by atoms with Crippen LogP contribution < -0.4 is 0 Å². The second kappa shape index (κ2) is 6.24. The Hall–Kier alpha value is -1.40. The lowest BCUT2D eigenvalue weighted by Crippen LogP contribution is -2.48. The molecular formula is C17H25NO4S. The maximum atomic E-state index is 13.1. The molecule has 0 amide bonds. The number of piperidine rings is 1. The Labute approximate surface area is 138 Å². The van der Waals surface area contributed by atoms with Gasteiger partial charge < -0.3 is 5.11 Å². The molecule has 1 N–H and O–H groups in total. The van der Waals surface area contributed by atoms with Gasteiger partial charge in [0.25, 0.3) is 0 Å². The van der Waals surface area contributed by atoms with Gasteiger partial charge in [-0.3, -0.25) is 4.79 Å². The predicted octanol–water partition coefficient (Wildman–Crippen LogP) is 2.92. The number of carbonyl (C=O) groups is 1. The number of hydrogen-bond donors (Lipinski definition) is 1. The standard InChI is InChI=1S/C17H25NO4S/c1-12-8-9-13(17(2,3)4)11-15(12)23(21,22)18-10-6-5-7-14(18)16(19)20/h8-9,11,14H,5-7,10H2,1-4H3,(H,19,20)/t14-/m1/s1. The van der Waals surface area contributed by atoms with E-state index in [2.05, 4.69) is 0 Å². The maximum absolute atomic E-state index is 13.1. The molecule has 1 aromatic carbocycles. The van der Waals surface area contributed by atoms with E-state index in [1.807, 2.05) is 26.8 Å². The molecule has 1 heterocycles. The van der Waals surface area contributed by atoms with Crippen LogP contribution in [0.2, 0.25) is 0 Å². The van der Waals surface area contributed by atoms with Crippen molar-refractivity contribution >= 4 is 16.0 Å². The topological polar surface area (TPSA) is 74.7 Å². The van der Waals surface area contributed by atoms with Crippen LogP contribution in [0.3, 0.4) is 0 Å². The fourth-order valence-electron chi connectivity index (χ4n) is 2.91. The molecule has 1 aliphatic heterocycles. The van der Waals surface area contributed by atoms with Crippen LogP contribution in [0.5, 0.6) is 0 Å². The van der Waals surface area contributed by atoms with E-state index in [1.165, 1.54) is 0 Å². The molecule has 0 radical (unpaired) electrons. The molecule has 128 valence electrons. The molecule has 1 atom stereocenters. The van der Waals surface area contributed by atoms with Gasteiger partial charge in [0.15, 0.2) is 0 Å². The number of sulfonamides is 1. The summed E-state index contributed by atoms with van der Waals surface area (Å²) < 4.78 is 27.3. The lowest BCUT2D eigenvalue weighted by molar-refractivity contribution is -0.142. The van der Waals surface area contributed by atoms with Crippen LogP contribution >= 0.6 is 0 Å².